The van der Waals surface area contributed by atoms with E-state index >= 15 is 0 Å². The fourth-order valence-electron chi connectivity index (χ4n) is 2.11. The van der Waals surface area contributed by atoms with E-state index in [2.05, 4.69) is 5.32 Å². The molecule has 6 heteroatoms. The fraction of sp³-hybridized carbons (Fsp3) is 0.214. The van der Waals surface area contributed by atoms with Crippen molar-refractivity contribution >= 4 is 17.3 Å². The summed E-state index contributed by atoms with van der Waals surface area (Å²) in [6.07, 6.45) is 0.0804. The zero-order valence-electron chi connectivity index (χ0n) is 11.3. The van der Waals surface area contributed by atoms with E-state index in [-0.39, 0.29) is 0 Å². The van der Waals surface area contributed by atoms with Crippen molar-refractivity contribution in [1.82, 2.24) is 5.06 Å². The number of hydrogen-bond acceptors (Lipinski definition) is 5. The van der Waals surface area contributed by atoms with Crippen LogP contribution in [0.15, 0.2) is 47.2 Å². The van der Waals surface area contributed by atoms with Crippen LogP contribution in [0, 0.1) is 0 Å². The van der Waals surface area contributed by atoms with Crippen LogP contribution in [0.2, 0.25) is 0 Å². The van der Waals surface area contributed by atoms with E-state index in [9.17, 15) is 15.1 Å². The van der Waals surface area contributed by atoms with Crippen molar-refractivity contribution in [2.24, 2.45) is 0 Å². The molecule has 0 saturated heterocycles. The first-order valence-corrected chi connectivity index (χ1v) is 6.13. The summed E-state index contributed by atoms with van der Waals surface area (Å²) in [5.74, 6) is -0.656. The van der Waals surface area contributed by atoms with Gasteiger partial charge in [0.25, 0.3) is 5.91 Å². The molecule has 1 aromatic carbocycles. The van der Waals surface area contributed by atoms with Gasteiger partial charge in [0, 0.05) is 5.70 Å². The lowest BCUT2D eigenvalue weighted by atomic mass is 10.0. The highest BCUT2D eigenvalue weighted by molar-refractivity contribution is 5.99. The number of rotatable bonds is 2. The smallest absolute Gasteiger partial charge is 0.282 e. The third-order valence-electron chi connectivity index (χ3n) is 3.12. The highest BCUT2D eigenvalue weighted by Crippen LogP contribution is 2.26. The van der Waals surface area contributed by atoms with Crippen LogP contribution in [0.3, 0.4) is 0 Å². The van der Waals surface area contributed by atoms with Crippen LogP contribution >= 0.6 is 0 Å². The minimum absolute atomic E-state index is 0.294. The predicted octanol–water partition coefficient (Wildman–Crippen LogP) is 1.45. The molecular weight excluding hydrogens is 258 g/mol. The highest BCUT2D eigenvalue weighted by atomic mass is 16.5. The Hall–Kier alpha value is -2.31. The van der Waals surface area contributed by atoms with Crippen molar-refractivity contribution in [2.75, 3.05) is 11.1 Å². The number of nitrogens with zero attached hydrogens (tertiary/aromatic N) is 1. The van der Waals surface area contributed by atoms with Gasteiger partial charge >= 0.3 is 0 Å². The van der Waals surface area contributed by atoms with Gasteiger partial charge in [-0.2, -0.15) is 5.06 Å². The number of amides is 1. The zero-order valence-corrected chi connectivity index (χ0v) is 11.3. The number of anilines is 2. The molecule has 0 radical (unpaired) electrons. The largest absolute Gasteiger partial charge is 0.397 e. The number of nitrogens with two attached hydrogens (primary N) is 1. The Morgan fingerprint density at radius 2 is 2.05 bits per heavy atom. The molecule has 1 aliphatic heterocycles. The van der Waals surface area contributed by atoms with Crippen molar-refractivity contribution in [3.8, 4) is 0 Å². The lowest BCUT2D eigenvalue weighted by Crippen LogP contribution is -2.41. The molecule has 0 bridgehead atoms. The van der Waals surface area contributed by atoms with Gasteiger partial charge in [-0.15, -0.1) is 0 Å². The molecule has 1 aliphatic rings. The average Bonchev–Trinajstić information content (AvgIpc) is 2.39. The van der Waals surface area contributed by atoms with Crippen LogP contribution in [0.25, 0.3) is 0 Å². The van der Waals surface area contributed by atoms with E-state index in [1.807, 2.05) is 12.1 Å². The van der Waals surface area contributed by atoms with Crippen LogP contribution in [-0.2, 0) is 4.79 Å². The van der Waals surface area contributed by atoms with E-state index in [4.69, 9.17) is 5.73 Å². The molecule has 0 saturated carbocycles. The second kappa shape index (κ2) is 5.36. The van der Waals surface area contributed by atoms with Gasteiger partial charge in [0.1, 0.15) is 0 Å². The van der Waals surface area contributed by atoms with E-state index in [0.29, 0.717) is 33.3 Å². The molecule has 1 atom stereocenters. The number of nitrogens with one attached hydrogen (secondary N) is 1. The third-order valence-corrected chi connectivity index (χ3v) is 3.12. The molecule has 20 heavy (non-hydrogen) atoms. The molecule has 0 aliphatic carbocycles. The summed E-state index contributed by atoms with van der Waals surface area (Å²) in [6, 6.07) is 7.17. The summed E-state index contributed by atoms with van der Waals surface area (Å²) in [5, 5.41) is 22.3. The highest BCUT2D eigenvalue weighted by Gasteiger charge is 2.30. The van der Waals surface area contributed by atoms with Crippen molar-refractivity contribution in [2.45, 2.75) is 20.1 Å². The number of allylic oxidation sites excluding steroid dienone is 1. The molecular formula is C14H17N3O3. The number of carbonyl (C=O) groups excluding carboxylic acids is 1. The van der Waals surface area contributed by atoms with Crippen molar-refractivity contribution < 1.29 is 15.1 Å². The Morgan fingerprint density at radius 1 is 1.40 bits per heavy atom. The van der Waals surface area contributed by atoms with Crippen LogP contribution in [-0.4, -0.2) is 27.5 Å². The first-order chi connectivity index (χ1) is 9.41. The SMILES string of the molecule is CC1=CC(O)N(O)C(=O)/C1=C(/C)Nc1ccccc1N. The second-order valence-electron chi connectivity index (χ2n) is 4.63. The third kappa shape index (κ3) is 2.52. The molecule has 1 heterocycles. The number of aliphatic hydroxyl groups excluding tert-OH is 1. The summed E-state index contributed by atoms with van der Waals surface area (Å²) in [4.78, 5) is 12.0. The number of hydrogen-bond donors (Lipinski definition) is 4. The summed E-state index contributed by atoms with van der Waals surface area (Å²) >= 11 is 0. The quantitative estimate of drug-likeness (QED) is 0.372. The summed E-state index contributed by atoms with van der Waals surface area (Å²) in [7, 11) is 0. The number of benzene rings is 1. The maximum Gasteiger partial charge on any atom is 0.282 e. The monoisotopic (exact) mass is 275 g/mol. The van der Waals surface area contributed by atoms with Gasteiger partial charge in [0.2, 0.25) is 0 Å². The summed E-state index contributed by atoms with van der Waals surface area (Å²) in [5.41, 5.74) is 8.51. The lowest BCUT2D eigenvalue weighted by molar-refractivity contribution is -0.192. The molecule has 1 amide bonds. The number of carbonyl (C=O) groups is 1. The Kier molecular flexibility index (Phi) is 3.78. The first kappa shape index (κ1) is 14.1. The maximum absolute atomic E-state index is 12.0. The maximum atomic E-state index is 12.0. The number of aliphatic hydroxyl groups is 1. The van der Waals surface area contributed by atoms with E-state index in [1.54, 1.807) is 26.0 Å². The molecule has 6 nitrogen and oxygen atoms in total. The van der Waals surface area contributed by atoms with Gasteiger partial charge in [0.05, 0.1) is 16.9 Å². The van der Waals surface area contributed by atoms with Crippen LogP contribution < -0.4 is 11.1 Å². The normalized spacial score (nSPS) is 21.6. The predicted molar refractivity (Wildman–Crippen MR) is 75.6 cm³/mol. The first-order valence-electron chi connectivity index (χ1n) is 6.13. The van der Waals surface area contributed by atoms with E-state index in [0.717, 1.165) is 0 Å². The van der Waals surface area contributed by atoms with E-state index in [1.165, 1.54) is 6.08 Å². The van der Waals surface area contributed by atoms with Gasteiger partial charge in [-0.25, -0.2) is 0 Å². The molecule has 0 fully saturated rings. The van der Waals surface area contributed by atoms with Crippen LogP contribution in [0.5, 0.6) is 0 Å². The van der Waals surface area contributed by atoms with Crippen molar-refractivity contribution in [3.05, 3.63) is 47.2 Å². The van der Waals surface area contributed by atoms with Gasteiger partial charge in [-0.05, 0) is 37.6 Å². The zero-order chi connectivity index (χ0) is 14.9. The molecule has 0 aromatic heterocycles. The topological polar surface area (TPSA) is 98.8 Å². The minimum Gasteiger partial charge on any atom is -0.397 e. The van der Waals surface area contributed by atoms with Crippen LogP contribution in [0.4, 0.5) is 11.4 Å². The fourth-order valence-corrected chi connectivity index (χ4v) is 2.11. The standard InChI is InChI=1S/C14H17N3O3/c1-8-7-12(18)17(20)14(19)13(8)9(2)16-11-6-4-3-5-10(11)15/h3-7,12,16,18,20H,15H2,1-2H3/b13-9-. The molecule has 0 spiro atoms. The Labute approximate surface area is 116 Å². The molecule has 106 valence electrons. The Balaban J connectivity index is 2.39. The molecule has 1 unspecified atom stereocenters. The van der Waals surface area contributed by atoms with Gasteiger partial charge in [0.15, 0.2) is 6.23 Å². The van der Waals surface area contributed by atoms with E-state index < -0.39 is 12.1 Å². The lowest BCUT2D eigenvalue weighted by Gasteiger charge is -2.27. The second-order valence-corrected chi connectivity index (χ2v) is 4.63. The van der Waals surface area contributed by atoms with Crippen LogP contribution in [0.1, 0.15) is 13.8 Å². The van der Waals surface area contributed by atoms with Crippen molar-refractivity contribution in [1.29, 1.82) is 0 Å². The molecule has 2 rings (SSSR count). The Morgan fingerprint density at radius 3 is 2.70 bits per heavy atom. The van der Waals surface area contributed by atoms with Gasteiger partial charge in [-0.1, -0.05) is 12.1 Å². The number of nitrogen functional groups attached to an aromatic ring is 1. The average molecular weight is 275 g/mol. The number of hydroxylamine groups is 2. The minimum atomic E-state index is -1.32. The summed E-state index contributed by atoms with van der Waals surface area (Å²) in [6.45, 7) is 3.41. The molecule has 5 N–H and O–H groups in total. The molecule has 1 aromatic rings. The Bertz CT molecular complexity index is 607. The number of para-hydroxylation sites is 2. The van der Waals surface area contributed by atoms with Gasteiger partial charge < -0.3 is 16.2 Å². The van der Waals surface area contributed by atoms with Crippen molar-refractivity contribution in [3.63, 3.8) is 0 Å². The summed E-state index contributed by atoms with van der Waals surface area (Å²) < 4.78 is 0. The van der Waals surface area contributed by atoms with Gasteiger partial charge in [-0.3, -0.25) is 10.0 Å².